The third kappa shape index (κ3) is 4.04. The Hall–Kier alpha value is -2.80. The van der Waals surface area contributed by atoms with Crippen molar-refractivity contribution in [3.8, 4) is 11.3 Å². The number of hydrogen-bond donors (Lipinski definition) is 1. The van der Waals surface area contributed by atoms with Crippen LogP contribution in [0, 0.1) is 5.92 Å². The van der Waals surface area contributed by atoms with Gasteiger partial charge in [0.15, 0.2) is 6.23 Å². The van der Waals surface area contributed by atoms with Crippen LogP contribution in [0.4, 0.5) is 5.69 Å². The smallest absolute Gasteiger partial charge is 0.224 e. The third-order valence-electron chi connectivity index (χ3n) is 4.82. The Morgan fingerprint density at radius 1 is 1.25 bits per heavy atom. The van der Waals surface area contributed by atoms with Crippen LogP contribution in [0.15, 0.2) is 36.9 Å². The van der Waals surface area contributed by atoms with Crippen LogP contribution in [0.5, 0.6) is 0 Å². The van der Waals surface area contributed by atoms with E-state index in [0.717, 1.165) is 48.0 Å². The molecule has 146 valence electrons. The molecule has 3 aromatic heterocycles. The second kappa shape index (κ2) is 8.06. The number of ether oxygens (including phenoxy) is 1. The van der Waals surface area contributed by atoms with Gasteiger partial charge in [-0.15, -0.1) is 0 Å². The maximum atomic E-state index is 12.0. The molecule has 4 rings (SSSR count). The molecule has 4 heterocycles. The first-order valence-corrected chi connectivity index (χ1v) is 9.80. The van der Waals surface area contributed by atoms with Crippen LogP contribution in [-0.2, 0) is 9.53 Å². The normalized spacial score (nSPS) is 17.2. The summed E-state index contributed by atoms with van der Waals surface area (Å²) in [7, 11) is 0. The van der Waals surface area contributed by atoms with E-state index in [2.05, 4.69) is 20.4 Å². The van der Waals surface area contributed by atoms with Gasteiger partial charge in [0.05, 0.1) is 35.5 Å². The Balaban J connectivity index is 1.57. The van der Waals surface area contributed by atoms with Crippen LogP contribution in [0.1, 0.15) is 45.8 Å². The predicted molar refractivity (Wildman–Crippen MR) is 108 cm³/mol. The van der Waals surface area contributed by atoms with Crippen LogP contribution < -0.4 is 5.32 Å². The first kappa shape index (κ1) is 18.6. The molecule has 1 unspecified atom stereocenters. The quantitative estimate of drug-likeness (QED) is 0.719. The number of amides is 1. The zero-order valence-corrected chi connectivity index (χ0v) is 16.3. The number of aromatic nitrogens is 4. The Kier molecular flexibility index (Phi) is 5.34. The third-order valence-corrected chi connectivity index (χ3v) is 4.82. The van der Waals surface area contributed by atoms with E-state index in [-0.39, 0.29) is 12.1 Å². The Labute approximate surface area is 164 Å². The molecule has 7 heteroatoms. The number of rotatable bonds is 5. The van der Waals surface area contributed by atoms with Gasteiger partial charge in [0.2, 0.25) is 5.91 Å². The van der Waals surface area contributed by atoms with E-state index in [1.54, 1.807) is 12.4 Å². The van der Waals surface area contributed by atoms with Crippen molar-refractivity contribution in [2.75, 3.05) is 11.9 Å². The highest BCUT2D eigenvalue weighted by Gasteiger charge is 2.19. The van der Waals surface area contributed by atoms with E-state index < -0.39 is 0 Å². The summed E-state index contributed by atoms with van der Waals surface area (Å²) in [5.74, 6) is 0.302. The summed E-state index contributed by atoms with van der Waals surface area (Å²) >= 11 is 0. The highest BCUT2D eigenvalue weighted by atomic mass is 16.5. The van der Waals surface area contributed by atoms with E-state index >= 15 is 0 Å². The number of pyridine rings is 2. The molecule has 0 aromatic carbocycles. The van der Waals surface area contributed by atoms with Crippen LogP contribution in [-0.4, -0.2) is 32.3 Å². The van der Waals surface area contributed by atoms with Crippen LogP contribution in [0.2, 0.25) is 0 Å². The van der Waals surface area contributed by atoms with Gasteiger partial charge < -0.3 is 10.1 Å². The summed E-state index contributed by atoms with van der Waals surface area (Å²) in [6.45, 7) is 4.82. The predicted octanol–water partition coefficient (Wildman–Crippen LogP) is 4.18. The molecule has 28 heavy (non-hydrogen) atoms. The molecule has 3 aromatic rings. The molecule has 1 N–H and O–H groups in total. The second-order valence-corrected chi connectivity index (χ2v) is 7.65. The van der Waals surface area contributed by atoms with Crippen LogP contribution in [0.3, 0.4) is 0 Å². The lowest BCUT2D eigenvalue weighted by molar-refractivity contribution is -0.116. The fraction of sp³-hybridized carbons (Fsp3) is 0.429. The maximum absolute atomic E-state index is 12.0. The Morgan fingerprint density at radius 3 is 2.93 bits per heavy atom. The highest BCUT2D eigenvalue weighted by molar-refractivity contribution is 5.91. The van der Waals surface area contributed by atoms with E-state index in [1.165, 1.54) is 0 Å². The van der Waals surface area contributed by atoms with Crippen LogP contribution in [0.25, 0.3) is 22.2 Å². The van der Waals surface area contributed by atoms with E-state index in [0.29, 0.717) is 18.0 Å². The SMILES string of the molecule is CC(C)CC(=O)Nc1cncc(-c2cc3cnn(C4CCCCO4)c3cn2)c1. The topological polar surface area (TPSA) is 81.9 Å². The first-order chi connectivity index (χ1) is 13.6. The molecule has 0 bridgehead atoms. The van der Waals surface area contributed by atoms with Gasteiger partial charge in [-0.2, -0.15) is 5.10 Å². The number of hydrogen-bond acceptors (Lipinski definition) is 5. The van der Waals surface area contributed by atoms with Crippen molar-refractivity contribution in [1.82, 2.24) is 19.7 Å². The van der Waals surface area contributed by atoms with Crippen molar-refractivity contribution in [3.63, 3.8) is 0 Å². The minimum absolute atomic E-state index is 0.00822. The molecule has 1 atom stereocenters. The lowest BCUT2D eigenvalue weighted by atomic mass is 10.1. The van der Waals surface area contributed by atoms with Crippen molar-refractivity contribution in [3.05, 3.63) is 36.9 Å². The molecular formula is C21H25N5O2. The van der Waals surface area contributed by atoms with Gasteiger partial charge in [-0.25, -0.2) is 4.68 Å². The van der Waals surface area contributed by atoms with Crippen molar-refractivity contribution >= 4 is 22.5 Å². The second-order valence-electron chi connectivity index (χ2n) is 7.65. The summed E-state index contributed by atoms with van der Waals surface area (Å²) in [5.41, 5.74) is 3.29. The zero-order chi connectivity index (χ0) is 19.5. The van der Waals surface area contributed by atoms with Crippen molar-refractivity contribution in [2.45, 2.75) is 45.8 Å². The van der Waals surface area contributed by atoms with Crippen molar-refractivity contribution in [1.29, 1.82) is 0 Å². The molecule has 1 fully saturated rings. The number of fused-ring (bicyclic) bond motifs is 1. The maximum Gasteiger partial charge on any atom is 0.224 e. The minimum Gasteiger partial charge on any atom is -0.356 e. The summed E-state index contributed by atoms with van der Waals surface area (Å²) in [6.07, 6.45) is 10.8. The Morgan fingerprint density at radius 2 is 2.14 bits per heavy atom. The molecule has 1 amide bonds. The highest BCUT2D eigenvalue weighted by Crippen LogP contribution is 2.28. The van der Waals surface area contributed by atoms with Gasteiger partial charge in [-0.3, -0.25) is 14.8 Å². The van der Waals surface area contributed by atoms with Crippen molar-refractivity contribution in [2.24, 2.45) is 5.92 Å². The summed E-state index contributed by atoms with van der Waals surface area (Å²) in [6, 6.07) is 3.90. The minimum atomic E-state index is -0.0138. The summed E-state index contributed by atoms with van der Waals surface area (Å²) in [4.78, 5) is 20.9. The molecule has 1 aliphatic heterocycles. The average Bonchev–Trinajstić information content (AvgIpc) is 3.11. The van der Waals surface area contributed by atoms with Crippen LogP contribution >= 0.6 is 0 Å². The number of nitrogens with one attached hydrogen (secondary N) is 1. The van der Waals surface area contributed by atoms with Crippen molar-refractivity contribution < 1.29 is 9.53 Å². The molecule has 0 radical (unpaired) electrons. The van der Waals surface area contributed by atoms with E-state index in [9.17, 15) is 4.79 Å². The lowest BCUT2D eigenvalue weighted by Gasteiger charge is -2.23. The molecule has 0 aliphatic carbocycles. The molecule has 0 spiro atoms. The van der Waals surface area contributed by atoms with Gasteiger partial charge in [0, 0.05) is 30.2 Å². The largest absolute Gasteiger partial charge is 0.356 e. The zero-order valence-electron chi connectivity index (χ0n) is 16.3. The van der Waals surface area contributed by atoms with Gasteiger partial charge in [0.25, 0.3) is 0 Å². The van der Waals surface area contributed by atoms with Gasteiger partial charge in [0.1, 0.15) is 0 Å². The molecule has 7 nitrogen and oxygen atoms in total. The Bertz CT molecular complexity index is 976. The fourth-order valence-electron chi connectivity index (χ4n) is 3.48. The summed E-state index contributed by atoms with van der Waals surface area (Å²) < 4.78 is 7.77. The van der Waals surface area contributed by atoms with Gasteiger partial charge >= 0.3 is 0 Å². The standard InChI is InChI=1S/C21H25N5O2/c1-14(2)7-20(27)25-17-8-15(10-22-12-17)18-9-16-11-24-26(19(16)13-23-18)21-5-3-4-6-28-21/h8-14,21H,3-7H2,1-2H3,(H,25,27). The lowest BCUT2D eigenvalue weighted by Crippen LogP contribution is -2.18. The first-order valence-electron chi connectivity index (χ1n) is 9.80. The molecule has 1 saturated heterocycles. The number of carbonyl (C=O) groups is 1. The fourth-order valence-corrected chi connectivity index (χ4v) is 3.48. The van der Waals surface area contributed by atoms with E-state index in [1.807, 2.05) is 43.1 Å². The molecule has 0 saturated carbocycles. The van der Waals surface area contributed by atoms with E-state index in [4.69, 9.17) is 4.74 Å². The molecule has 1 aliphatic rings. The number of carbonyl (C=O) groups excluding carboxylic acids is 1. The van der Waals surface area contributed by atoms with Gasteiger partial charge in [-0.1, -0.05) is 13.8 Å². The monoisotopic (exact) mass is 379 g/mol. The number of nitrogens with zero attached hydrogens (tertiary/aromatic N) is 4. The average molecular weight is 379 g/mol. The van der Waals surface area contributed by atoms with Gasteiger partial charge in [-0.05, 0) is 37.3 Å². The number of anilines is 1. The summed E-state index contributed by atoms with van der Waals surface area (Å²) in [5, 5.41) is 8.43. The molecular weight excluding hydrogens is 354 g/mol.